The molecule has 732 valence electrons. The van der Waals surface area contributed by atoms with Crippen molar-refractivity contribution in [2.75, 3.05) is 88.9 Å². The number of aromatic nitrogens is 8. The van der Waals surface area contributed by atoms with Gasteiger partial charge in [0.05, 0.1) is 42.5 Å². The average Bonchev–Trinajstić information content (AvgIpc) is 1.72. The third-order valence-electron chi connectivity index (χ3n) is 24.3. The monoisotopic (exact) mass is 1950 g/mol. The van der Waals surface area contributed by atoms with Gasteiger partial charge < -0.3 is 98.0 Å². The maximum absolute atomic E-state index is 13.9. The zero-order valence-corrected chi connectivity index (χ0v) is 81.9. The molecule has 0 bridgehead atoms. The predicted molar refractivity (Wildman–Crippen MR) is 523 cm³/mol. The van der Waals surface area contributed by atoms with E-state index < -0.39 is 103 Å². The highest BCUT2D eigenvalue weighted by Gasteiger charge is 2.46. The number of hydrogen-bond acceptors (Lipinski definition) is 31. The van der Waals surface area contributed by atoms with Crippen molar-refractivity contribution < 1.29 is 72.1 Å². The molecule has 39 nitrogen and oxygen atoms in total. The second kappa shape index (κ2) is 51.8. The summed E-state index contributed by atoms with van der Waals surface area (Å²) in [5.41, 5.74) is 6.39. The number of aliphatic hydroxyl groups excluding tert-OH is 1. The number of nitrogens with one attached hydrogen (secondary N) is 12. The fourth-order valence-corrected chi connectivity index (χ4v) is 18.1. The van der Waals surface area contributed by atoms with Crippen LogP contribution in [0, 0.1) is 5.92 Å². The van der Waals surface area contributed by atoms with E-state index in [9.17, 15) is 62.6 Å². The van der Waals surface area contributed by atoms with Gasteiger partial charge in [-0.25, -0.2) is 0 Å². The van der Waals surface area contributed by atoms with Gasteiger partial charge in [-0.3, -0.25) is 57.5 Å². The minimum absolute atomic E-state index is 0.240. The molecule has 137 heavy (non-hydrogen) atoms. The van der Waals surface area contributed by atoms with Crippen LogP contribution in [0.3, 0.4) is 0 Å². The van der Waals surface area contributed by atoms with Crippen LogP contribution in [0.1, 0.15) is 131 Å². The Balaban J connectivity index is 0.000000176. The van der Waals surface area contributed by atoms with E-state index in [0.29, 0.717) is 138 Å². The first kappa shape index (κ1) is 105. The SMILES string of the molecule is CC(NCC1CC1)C(=O)N[C@H](C(=O)N1CCC[C@H]1C(=O)Nc1snnc1-c1ccccc1)c1ccccc1.CCO[C@@H](C)[C@H](NC(=O)[C@H](C)NC)C(=O)N1CCC[C@H]1C(=O)Nc1snnc1-c1ccccc1.CN[C@@H](C)C(=O)N[C@H](C(=O)N1CCC[C@H]1C(=O)Nc1snnc1-c1ccccc1)[C@H](C)O.CN[C@@H](C)C(=O)N[C@H](C(=O)N1CCC[C@H]1C(=O)Nc1snnc1-c1ccccc1)[C@H](C)OC. The van der Waals surface area contributed by atoms with Crippen LogP contribution in [0.5, 0.6) is 0 Å². The highest BCUT2D eigenvalue weighted by Crippen LogP contribution is 2.37. The summed E-state index contributed by atoms with van der Waals surface area (Å²) in [5.74, 6) is -3.32. The molecule has 5 aliphatic rings. The summed E-state index contributed by atoms with van der Waals surface area (Å²) in [6, 6.07) is 38.6. The maximum Gasteiger partial charge on any atom is 0.250 e. The van der Waals surface area contributed by atoms with Gasteiger partial charge in [0.2, 0.25) is 70.9 Å². The Hall–Kier alpha value is -12.3. The Morgan fingerprint density at radius 1 is 0.380 bits per heavy atom. The van der Waals surface area contributed by atoms with Crippen molar-refractivity contribution in [3.8, 4) is 45.0 Å². The van der Waals surface area contributed by atoms with E-state index in [2.05, 4.69) is 102 Å². The number of ether oxygens (including phenoxy) is 2. The number of rotatable bonds is 37. The number of likely N-dealkylation sites (tertiary alicyclic amines) is 4. The molecular formula is C94H122N24O15S4. The molecule has 14 rings (SSSR count). The van der Waals surface area contributed by atoms with Gasteiger partial charge in [0, 0.05) is 108 Å². The van der Waals surface area contributed by atoms with Crippen LogP contribution in [-0.4, -0.2) is 286 Å². The highest BCUT2D eigenvalue weighted by atomic mass is 32.1. The third-order valence-corrected chi connectivity index (χ3v) is 26.9. The van der Waals surface area contributed by atoms with Crippen LogP contribution in [-0.2, 0) is 67.0 Å². The molecule has 8 heterocycles. The number of hydrogen-bond donors (Lipinski definition) is 13. The molecule has 4 saturated heterocycles. The van der Waals surface area contributed by atoms with Crippen molar-refractivity contribution in [1.82, 2.24) is 100 Å². The number of likely N-dealkylation sites (N-methyl/N-ethyl adjacent to an activating group) is 3. The van der Waals surface area contributed by atoms with Gasteiger partial charge >= 0.3 is 0 Å². The third kappa shape index (κ3) is 28.2. The van der Waals surface area contributed by atoms with Gasteiger partial charge in [0.25, 0.3) is 0 Å². The molecule has 1 saturated carbocycles. The summed E-state index contributed by atoms with van der Waals surface area (Å²) in [5, 5.41) is 63.3. The van der Waals surface area contributed by atoms with Crippen molar-refractivity contribution in [1.29, 1.82) is 0 Å². The molecule has 5 fully saturated rings. The van der Waals surface area contributed by atoms with Gasteiger partial charge in [0.1, 0.15) is 91.1 Å². The Morgan fingerprint density at radius 2 is 0.664 bits per heavy atom. The number of carbonyl (C=O) groups excluding carboxylic acids is 12. The molecule has 5 aromatic carbocycles. The molecule has 9 aromatic rings. The average molecular weight is 1960 g/mol. The lowest BCUT2D eigenvalue weighted by atomic mass is 10.0. The van der Waals surface area contributed by atoms with Crippen molar-refractivity contribution in [2.45, 2.75) is 210 Å². The van der Waals surface area contributed by atoms with Crippen molar-refractivity contribution in [3.63, 3.8) is 0 Å². The van der Waals surface area contributed by atoms with E-state index in [-0.39, 0.29) is 59.1 Å². The number of anilines is 4. The quantitative estimate of drug-likeness (QED) is 0.0188. The van der Waals surface area contributed by atoms with Crippen molar-refractivity contribution in [3.05, 3.63) is 157 Å². The van der Waals surface area contributed by atoms with E-state index in [0.717, 1.165) is 74.9 Å². The Morgan fingerprint density at radius 3 is 0.956 bits per heavy atom. The fourth-order valence-electron chi connectivity index (χ4n) is 15.8. The maximum atomic E-state index is 13.9. The summed E-state index contributed by atoms with van der Waals surface area (Å²) >= 11 is 4.35. The second-order valence-corrected chi connectivity index (χ2v) is 36.8. The van der Waals surface area contributed by atoms with Crippen LogP contribution in [0.4, 0.5) is 20.0 Å². The topological polar surface area (TPSA) is 504 Å². The molecule has 4 aliphatic heterocycles. The Kier molecular flexibility index (Phi) is 39.7. The zero-order valence-electron chi connectivity index (χ0n) is 78.6. The second-order valence-electron chi connectivity index (χ2n) is 33.7. The van der Waals surface area contributed by atoms with Crippen molar-refractivity contribution >= 4 is 137 Å². The summed E-state index contributed by atoms with van der Waals surface area (Å²) in [7, 11) is 6.45. The predicted octanol–water partition coefficient (Wildman–Crippen LogP) is 6.90. The molecular weight excluding hydrogens is 1830 g/mol. The smallest absolute Gasteiger partial charge is 0.250 e. The first-order valence-electron chi connectivity index (χ1n) is 45.9. The normalized spacial score (nSPS) is 18.5. The van der Waals surface area contributed by atoms with E-state index in [1.54, 1.807) is 60.7 Å². The largest absolute Gasteiger partial charge is 0.391 e. The van der Waals surface area contributed by atoms with Gasteiger partial charge in [-0.1, -0.05) is 170 Å². The molecule has 1 aliphatic carbocycles. The summed E-state index contributed by atoms with van der Waals surface area (Å²) < 4.78 is 26.9. The van der Waals surface area contributed by atoms with Gasteiger partial charge in [-0.15, -0.1) is 20.4 Å². The summed E-state index contributed by atoms with van der Waals surface area (Å²) in [4.78, 5) is 163. The molecule has 43 heteroatoms. The van der Waals surface area contributed by atoms with Gasteiger partial charge in [-0.05, 0) is 159 Å². The number of benzene rings is 5. The summed E-state index contributed by atoms with van der Waals surface area (Å²) in [6.07, 6.45) is 4.94. The molecule has 0 radical (unpaired) electrons. The molecule has 12 amide bonds. The van der Waals surface area contributed by atoms with E-state index in [4.69, 9.17) is 9.47 Å². The molecule has 1 unspecified atom stereocenters. The minimum atomic E-state index is -1.14. The Labute approximate surface area is 812 Å². The van der Waals surface area contributed by atoms with E-state index >= 15 is 0 Å². The number of methoxy groups -OCH3 is 1. The Bertz CT molecular complexity index is 5490. The van der Waals surface area contributed by atoms with Gasteiger partial charge in [-0.2, -0.15) is 0 Å². The fraction of sp³-hybridized carbons (Fsp3) is 0.468. The van der Waals surface area contributed by atoms with Gasteiger partial charge in [0.15, 0.2) is 0 Å². The standard InChI is InChI=1S/C28H32N6O3S.C23H32N6O4S.C22H30N6O4S.C21H28N6O4S/c1-18(29-17-19-14-15-19)25(35)30-24(21-11-6-3-7-12-21)28(37)34-16-8-13-22(34)26(36)31-27-23(32-33-38-27)20-9-4-2-5-10-20;1-5-33-15(3)18(25-20(30)14(2)24-4)23(32)29-13-9-12-17(29)21(31)26-22-19(27-28-34-22)16-10-7-6-8-11-16;1-13(23-3)19(29)24-17(14(2)32-4)22(31)28-12-8-11-16(28)20(30)25-21-18(26-27-33-21)15-9-6-5-7-10-15;1-12(22-3)18(29)23-16(13(2)28)21(31)27-11-7-10-15(27)19(30)24-20-17(25-26-32-20)14-8-5-4-6-9-14/h2-7,9-12,18-19,22,24,29H,8,13-17H2,1H3,(H,30,35)(H,31,36);6-8,10-11,14-15,17-18,24H,5,9,12-13H2,1-4H3,(H,25,30)(H,26,31);5-7,9-10,13-14,16-17,23H,8,11-12H2,1-4H3,(H,24,29)(H,25,30);4-6,8-9,12-13,15-16,22,28H,7,10-11H2,1-3H3,(H,23,29)(H,24,30)/t18?,22-,24-;14-,15-,17-,18-;13-,14-,16-,17-;12-,13-,15-,16-/m0000/s1. The number of carbonyl (C=O) groups is 12. The lowest BCUT2D eigenvalue weighted by Gasteiger charge is -2.32. The van der Waals surface area contributed by atoms with Crippen LogP contribution in [0.2, 0.25) is 0 Å². The van der Waals surface area contributed by atoms with Crippen LogP contribution < -0.4 is 63.8 Å². The number of amides is 12. The van der Waals surface area contributed by atoms with E-state index in [1.165, 1.54) is 41.6 Å². The van der Waals surface area contributed by atoms with Crippen LogP contribution in [0.25, 0.3) is 45.0 Å². The van der Waals surface area contributed by atoms with E-state index in [1.807, 2.05) is 166 Å². The van der Waals surface area contributed by atoms with Crippen LogP contribution >= 0.6 is 46.1 Å². The number of aliphatic hydroxyl groups is 1. The van der Waals surface area contributed by atoms with Crippen molar-refractivity contribution in [2.24, 2.45) is 5.92 Å². The highest BCUT2D eigenvalue weighted by molar-refractivity contribution is 7.11. The lowest BCUT2D eigenvalue weighted by molar-refractivity contribution is -0.144. The number of nitrogens with zero attached hydrogens (tertiary/aromatic N) is 12. The molecule has 15 atom stereocenters. The summed E-state index contributed by atoms with van der Waals surface area (Å²) in [6.45, 7) is 16.5. The zero-order chi connectivity index (χ0) is 98.4. The lowest BCUT2D eigenvalue weighted by Crippen LogP contribution is -2.58. The molecule has 0 spiro atoms. The molecule has 4 aromatic heterocycles. The van der Waals surface area contributed by atoms with Crippen LogP contribution in [0.15, 0.2) is 152 Å². The molecule has 13 N–H and O–H groups in total. The first-order valence-corrected chi connectivity index (χ1v) is 49.0. The minimum Gasteiger partial charge on any atom is -0.391 e. The first-order chi connectivity index (χ1) is 66.1.